The Labute approximate surface area is 142 Å². The van der Waals surface area contributed by atoms with Gasteiger partial charge in [0.2, 0.25) is 11.8 Å². The van der Waals surface area contributed by atoms with Gasteiger partial charge in [-0.25, -0.2) is 0 Å². The highest BCUT2D eigenvalue weighted by Crippen LogP contribution is 2.20. The second-order valence-electron chi connectivity index (χ2n) is 4.74. The predicted octanol–water partition coefficient (Wildman–Crippen LogP) is 4.38. The average Bonchev–Trinajstić information content (AvgIpc) is 2.45. The molecule has 0 bridgehead atoms. The molecule has 0 saturated heterocycles. The van der Waals surface area contributed by atoms with E-state index < -0.39 is 5.91 Å². The smallest absolute Gasteiger partial charge is 0.233 e. The molecule has 2 rings (SSSR count). The predicted molar refractivity (Wildman–Crippen MR) is 92.2 cm³/mol. The van der Waals surface area contributed by atoms with Gasteiger partial charge in [-0.2, -0.15) is 0 Å². The molecule has 2 amide bonds. The van der Waals surface area contributed by atoms with Crippen LogP contribution in [-0.4, -0.2) is 11.8 Å². The van der Waals surface area contributed by atoms with Gasteiger partial charge < -0.3 is 10.6 Å². The highest BCUT2D eigenvalue weighted by molar-refractivity contribution is 9.10. The molecule has 0 aromatic heterocycles. The van der Waals surface area contributed by atoms with Crippen LogP contribution in [0.1, 0.15) is 12.0 Å². The maximum Gasteiger partial charge on any atom is 0.233 e. The van der Waals surface area contributed by atoms with Gasteiger partial charge in [-0.1, -0.05) is 33.6 Å². The zero-order valence-corrected chi connectivity index (χ0v) is 14.2. The van der Waals surface area contributed by atoms with Gasteiger partial charge in [0.25, 0.3) is 0 Å². The van der Waals surface area contributed by atoms with Crippen LogP contribution in [0.15, 0.2) is 46.9 Å². The summed E-state index contributed by atoms with van der Waals surface area (Å²) >= 11 is 9.30. The van der Waals surface area contributed by atoms with Crippen molar-refractivity contribution < 1.29 is 9.59 Å². The number of halogens is 2. The first-order valence-electron chi connectivity index (χ1n) is 6.55. The minimum Gasteiger partial charge on any atom is -0.326 e. The Kier molecular flexibility index (Phi) is 5.57. The summed E-state index contributed by atoms with van der Waals surface area (Å²) in [4.78, 5) is 23.7. The fourth-order valence-corrected chi connectivity index (χ4v) is 2.20. The van der Waals surface area contributed by atoms with Gasteiger partial charge in [-0.15, -0.1) is 0 Å². The van der Waals surface area contributed by atoms with Crippen LogP contribution in [0.25, 0.3) is 0 Å². The first-order chi connectivity index (χ1) is 10.4. The van der Waals surface area contributed by atoms with Crippen LogP contribution >= 0.6 is 27.5 Å². The number of aryl methyl sites for hydroxylation is 1. The van der Waals surface area contributed by atoms with E-state index in [1.807, 2.05) is 19.1 Å². The van der Waals surface area contributed by atoms with Gasteiger partial charge in [-0.3, -0.25) is 9.59 Å². The van der Waals surface area contributed by atoms with Crippen molar-refractivity contribution >= 4 is 50.7 Å². The van der Waals surface area contributed by atoms with E-state index >= 15 is 0 Å². The molecule has 2 aromatic carbocycles. The maximum absolute atomic E-state index is 11.8. The van der Waals surface area contributed by atoms with Crippen LogP contribution in [0.4, 0.5) is 11.4 Å². The summed E-state index contributed by atoms with van der Waals surface area (Å²) < 4.78 is 0.916. The Morgan fingerprint density at radius 3 is 2.14 bits per heavy atom. The molecule has 6 heteroatoms. The normalized spacial score (nSPS) is 10.1. The molecule has 0 aliphatic rings. The molecule has 0 aliphatic carbocycles. The van der Waals surface area contributed by atoms with E-state index in [0.29, 0.717) is 16.4 Å². The quantitative estimate of drug-likeness (QED) is 0.772. The first-order valence-corrected chi connectivity index (χ1v) is 7.72. The second kappa shape index (κ2) is 7.42. The second-order valence-corrected chi connectivity index (χ2v) is 6.07. The zero-order chi connectivity index (χ0) is 16.1. The number of anilines is 2. The minimum absolute atomic E-state index is 0.262. The Morgan fingerprint density at radius 2 is 1.55 bits per heavy atom. The fourth-order valence-electron chi connectivity index (χ4n) is 1.76. The number of hydrogen-bond donors (Lipinski definition) is 2. The number of carbonyl (C=O) groups is 2. The van der Waals surface area contributed by atoms with E-state index in [4.69, 9.17) is 11.6 Å². The molecule has 0 saturated carbocycles. The molecule has 114 valence electrons. The number of carbonyl (C=O) groups excluding carboxylic acids is 2. The fraction of sp³-hybridized carbons (Fsp3) is 0.125. The van der Waals surface area contributed by atoms with Crippen LogP contribution in [-0.2, 0) is 9.59 Å². The summed E-state index contributed by atoms with van der Waals surface area (Å²) in [5, 5.41) is 5.87. The summed E-state index contributed by atoms with van der Waals surface area (Å²) in [6, 6.07) is 12.3. The number of nitrogens with one attached hydrogen (secondary N) is 2. The summed E-state index contributed by atoms with van der Waals surface area (Å²) in [5.74, 6) is -0.771. The number of benzene rings is 2. The van der Waals surface area contributed by atoms with Crippen molar-refractivity contribution in [2.45, 2.75) is 13.3 Å². The van der Waals surface area contributed by atoms with Crippen LogP contribution in [0, 0.1) is 6.92 Å². The number of amides is 2. The van der Waals surface area contributed by atoms with Crippen LogP contribution in [0.3, 0.4) is 0 Å². The largest absolute Gasteiger partial charge is 0.326 e. The van der Waals surface area contributed by atoms with Gasteiger partial charge in [0.15, 0.2) is 0 Å². The summed E-state index contributed by atoms with van der Waals surface area (Å²) in [6.45, 7) is 1.87. The lowest BCUT2D eigenvalue weighted by atomic mass is 10.2. The molecule has 4 nitrogen and oxygen atoms in total. The standard InChI is InChI=1S/C16H14BrClN2O2/c1-10-2-5-13(8-14(10)18)20-16(22)9-15(21)19-12-6-3-11(17)4-7-12/h2-8H,9H2,1H3,(H,19,21)(H,20,22). The van der Waals surface area contributed by atoms with E-state index in [1.54, 1.807) is 30.3 Å². The topological polar surface area (TPSA) is 58.2 Å². The van der Waals surface area contributed by atoms with Gasteiger partial charge in [0.05, 0.1) is 0 Å². The molecule has 0 spiro atoms. The number of hydrogen-bond acceptors (Lipinski definition) is 2. The van der Waals surface area contributed by atoms with Gasteiger partial charge in [-0.05, 0) is 48.9 Å². The lowest BCUT2D eigenvalue weighted by Gasteiger charge is -2.08. The lowest BCUT2D eigenvalue weighted by molar-refractivity contribution is -0.123. The minimum atomic E-state index is -0.394. The van der Waals surface area contributed by atoms with Crippen molar-refractivity contribution in [3.8, 4) is 0 Å². The van der Waals surface area contributed by atoms with E-state index in [-0.39, 0.29) is 12.3 Å². The van der Waals surface area contributed by atoms with E-state index in [1.165, 1.54) is 0 Å². The molecule has 2 aromatic rings. The molecular formula is C16H14BrClN2O2. The SMILES string of the molecule is Cc1ccc(NC(=O)CC(=O)Nc2ccc(Br)cc2)cc1Cl. The van der Waals surface area contributed by atoms with E-state index in [0.717, 1.165) is 10.0 Å². The molecule has 2 N–H and O–H groups in total. The number of rotatable bonds is 4. The van der Waals surface area contributed by atoms with Crippen molar-refractivity contribution in [3.63, 3.8) is 0 Å². The third kappa shape index (κ3) is 4.86. The molecule has 22 heavy (non-hydrogen) atoms. The van der Waals surface area contributed by atoms with Gasteiger partial charge in [0, 0.05) is 20.9 Å². The summed E-state index contributed by atoms with van der Waals surface area (Å²) in [7, 11) is 0. The molecule has 0 atom stereocenters. The van der Waals surface area contributed by atoms with Crippen molar-refractivity contribution in [1.29, 1.82) is 0 Å². The average molecular weight is 382 g/mol. The first kappa shape index (κ1) is 16.5. The molecule has 0 radical (unpaired) electrons. The van der Waals surface area contributed by atoms with Gasteiger partial charge >= 0.3 is 0 Å². The summed E-state index contributed by atoms with van der Waals surface area (Å²) in [6.07, 6.45) is -0.262. The monoisotopic (exact) mass is 380 g/mol. The Balaban J connectivity index is 1.89. The van der Waals surface area contributed by atoms with E-state index in [2.05, 4.69) is 26.6 Å². The molecular weight excluding hydrogens is 368 g/mol. The Morgan fingerprint density at radius 1 is 1.00 bits per heavy atom. The van der Waals surface area contributed by atoms with Gasteiger partial charge in [0.1, 0.15) is 6.42 Å². The van der Waals surface area contributed by atoms with Crippen molar-refractivity contribution in [1.82, 2.24) is 0 Å². The maximum atomic E-state index is 11.8. The Hall–Kier alpha value is -1.85. The van der Waals surface area contributed by atoms with Crippen LogP contribution in [0.2, 0.25) is 5.02 Å². The van der Waals surface area contributed by atoms with Crippen molar-refractivity contribution in [3.05, 3.63) is 57.5 Å². The van der Waals surface area contributed by atoms with E-state index in [9.17, 15) is 9.59 Å². The van der Waals surface area contributed by atoms with Crippen molar-refractivity contribution in [2.24, 2.45) is 0 Å². The van der Waals surface area contributed by atoms with Crippen molar-refractivity contribution in [2.75, 3.05) is 10.6 Å². The molecule has 0 aliphatic heterocycles. The highest BCUT2D eigenvalue weighted by atomic mass is 79.9. The molecule has 0 heterocycles. The van der Waals surface area contributed by atoms with Crippen LogP contribution in [0.5, 0.6) is 0 Å². The molecule has 0 unspecified atom stereocenters. The Bertz CT molecular complexity index is 702. The summed E-state index contributed by atoms with van der Waals surface area (Å²) in [5.41, 5.74) is 2.13. The molecule has 0 fully saturated rings. The third-order valence-corrected chi connectivity index (χ3v) is 3.84. The highest BCUT2D eigenvalue weighted by Gasteiger charge is 2.10. The third-order valence-electron chi connectivity index (χ3n) is 2.90. The van der Waals surface area contributed by atoms with Crippen LogP contribution < -0.4 is 10.6 Å². The zero-order valence-electron chi connectivity index (χ0n) is 11.8. The lowest BCUT2D eigenvalue weighted by Crippen LogP contribution is -2.21.